The van der Waals surface area contributed by atoms with Crippen LogP contribution in [0.5, 0.6) is 0 Å². The molecule has 8 heteroatoms. The van der Waals surface area contributed by atoms with Crippen LogP contribution < -0.4 is 21.1 Å². The highest BCUT2D eigenvalue weighted by atomic mass is 19.1. The molecule has 2 aromatic heterocycles. The molecule has 0 saturated carbocycles. The van der Waals surface area contributed by atoms with Crippen molar-refractivity contribution in [2.75, 3.05) is 36.5 Å². The Morgan fingerprint density at radius 2 is 2.03 bits per heavy atom. The number of para-hydroxylation sites is 1. The quantitative estimate of drug-likeness (QED) is 0.586. The van der Waals surface area contributed by atoms with Crippen molar-refractivity contribution in [2.45, 2.75) is 37.8 Å². The van der Waals surface area contributed by atoms with Crippen molar-refractivity contribution >= 4 is 22.7 Å². The molecule has 7 nitrogen and oxygen atoms in total. The number of nitrogens with zero attached hydrogens (tertiary/aromatic N) is 3. The third-order valence-electron chi connectivity index (χ3n) is 6.23. The molecule has 2 atom stereocenters. The highest BCUT2D eigenvalue weighted by molar-refractivity contribution is 5.83. The highest BCUT2D eigenvalue weighted by Crippen LogP contribution is 2.28. The lowest BCUT2D eigenvalue weighted by Crippen LogP contribution is -2.39. The Hall–Kier alpha value is -3.00. The van der Waals surface area contributed by atoms with E-state index in [2.05, 4.69) is 15.6 Å². The number of alkyl halides is 1. The number of pyridine rings is 1. The highest BCUT2D eigenvalue weighted by Gasteiger charge is 2.28. The summed E-state index contributed by atoms with van der Waals surface area (Å²) in [5, 5.41) is 7.88. The van der Waals surface area contributed by atoms with Gasteiger partial charge in [-0.05, 0) is 44.4 Å². The summed E-state index contributed by atoms with van der Waals surface area (Å²) in [5.41, 5.74) is 1.57. The van der Waals surface area contributed by atoms with Crippen molar-refractivity contribution in [3.63, 3.8) is 0 Å². The molecule has 4 heterocycles. The number of hydrogen-bond donors (Lipinski definition) is 3. The van der Waals surface area contributed by atoms with Gasteiger partial charge in [-0.3, -0.25) is 9.78 Å². The lowest BCUT2D eigenvalue weighted by Gasteiger charge is -2.27. The molecule has 0 bridgehead atoms. The molecule has 2 aliphatic rings. The minimum Gasteiger partial charge on any atom is -0.365 e. The maximum Gasteiger partial charge on any atom is 0.263 e. The third-order valence-corrected chi connectivity index (χ3v) is 6.23. The van der Waals surface area contributed by atoms with Crippen LogP contribution in [0, 0.1) is 0 Å². The number of aromatic nitrogens is 3. The Morgan fingerprint density at radius 3 is 2.87 bits per heavy atom. The Bertz CT molecular complexity index is 1130. The average molecular weight is 423 g/mol. The number of H-pyrrole nitrogens is 1. The first-order valence-electron chi connectivity index (χ1n) is 11.0. The van der Waals surface area contributed by atoms with Gasteiger partial charge in [-0.15, -0.1) is 0 Å². The molecule has 2 aliphatic heterocycles. The number of fused-ring (bicyclic) bond motifs is 1. The molecule has 2 fully saturated rings. The van der Waals surface area contributed by atoms with E-state index in [1.165, 1.54) is 0 Å². The van der Waals surface area contributed by atoms with Gasteiger partial charge < -0.3 is 15.5 Å². The van der Waals surface area contributed by atoms with E-state index in [9.17, 15) is 9.18 Å². The van der Waals surface area contributed by atoms with E-state index in [4.69, 9.17) is 9.97 Å². The van der Waals surface area contributed by atoms with E-state index < -0.39 is 6.67 Å². The van der Waals surface area contributed by atoms with Gasteiger partial charge in [-0.2, -0.15) is 4.98 Å². The molecule has 0 aliphatic carbocycles. The topological polar surface area (TPSA) is 85.9 Å². The lowest BCUT2D eigenvalue weighted by atomic mass is 10.1. The van der Waals surface area contributed by atoms with E-state index in [-0.39, 0.29) is 17.6 Å². The SMILES string of the molecule is O=c1[nH]c(N2CCCC2CF)nc(NC2CCCNC2)c1-c1ccc2ccccc2n1. The monoisotopic (exact) mass is 422 g/mol. The zero-order valence-electron chi connectivity index (χ0n) is 17.4. The smallest absolute Gasteiger partial charge is 0.263 e. The Balaban J connectivity index is 1.60. The predicted octanol–water partition coefficient (Wildman–Crippen LogP) is 3.09. The van der Waals surface area contributed by atoms with Gasteiger partial charge in [0, 0.05) is 24.5 Å². The third kappa shape index (κ3) is 3.99. The standard InChI is InChI=1S/C23H27FN6O/c24-13-17-7-4-12-30(17)23-28-21(26-16-6-3-11-25-14-16)20(22(31)29-23)19-10-9-15-5-1-2-8-18(15)27-19/h1-2,5,8-10,16-17,25H,3-4,6-7,11-14H2,(H2,26,28,29,31). The number of aromatic amines is 1. The summed E-state index contributed by atoms with van der Waals surface area (Å²) >= 11 is 0. The van der Waals surface area contributed by atoms with E-state index in [1.54, 1.807) is 0 Å². The van der Waals surface area contributed by atoms with Gasteiger partial charge in [0.1, 0.15) is 18.1 Å². The van der Waals surface area contributed by atoms with Crippen LogP contribution in [0.4, 0.5) is 16.2 Å². The van der Waals surface area contributed by atoms with Crippen LogP contribution in [-0.2, 0) is 0 Å². The fraction of sp³-hybridized carbons (Fsp3) is 0.435. The van der Waals surface area contributed by atoms with Crippen molar-refractivity contribution in [1.29, 1.82) is 0 Å². The van der Waals surface area contributed by atoms with Crippen LogP contribution >= 0.6 is 0 Å². The average Bonchev–Trinajstić information content (AvgIpc) is 3.28. The predicted molar refractivity (Wildman–Crippen MR) is 121 cm³/mol. The first-order chi connectivity index (χ1) is 15.2. The number of benzene rings is 1. The van der Waals surface area contributed by atoms with Gasteiger partial charge in [0.25, 0.3) is 5.56 Å². The molecule has 3 aromatic rings. The molecular weight excluding hydrogens is 395 g/mol. The molecule has 0 spiro atoms. The summed E-state index contributed by atoms with van der Waals surface area (Å²) in [7, 11) is 0. The first-order valence-corrected chi connectivity index (χ1v) is 11.0. The summed E-state index contributed by atoms with van der Waals surface area (Å²) in [6.45, 7) is 2.05. The molecule has 0 amide bonds. The number of anilines is 2. The van der Waals surface area contributed by atoms with Crippen molar-refractivity contribution in [1.82, 2.24) is 20.3 Å². The molecule has 3 N–H and O–H groups in total. The lowest BCUT2D eigenvalue weighted by molar-refractivity contribution is 0.425. The molecule has 0 radical (unpaired) electrons. The summed E-state index contributed by atoms with van der Waals surface area (Å²) in [4.78, 5) is 27.6. The van der Waals surface area contributed by atoms with Gasteiger partial charge in [0.2, 0.25) is 5.95 Å². The van der Waals surface area contributed by atoms with Crippen molar-refractivity contribution < 1.29 is 4.39 Å². The van der Waals surface area contributed by atoms with Crippen LogP contribution in [0.3, 0.4) is 0 Å². The largest absolute Gasteiger partial charge is 0.365 e. The van der Waals surface area contributed by atoms with Gasteiger partial charge in [-0.1, -0.05) is 24.3 Å². The van der Waals surface area contributed by atoms with Crippen LogP contribution in [-0.4, -0.2) is 53.3 Å². The van der Waals surface area contributed by atoms with Gasteiger partial charge >= 0.3 is 0 Å². The van der Waals surface area contributed by atoms with E-state index in [0.717, 1.165) is 49.7 Å². The maximum absolute atomic E-state index is 13.5. The molecular formula is C23H27FN6O. The Morgan fingerprint density at radius 1 is 1.13 bits per heavy atom. The van der Waals surface area contributed by atoms with E-state index in [0.29, 0.717) is 29.6 Å². The number of rotatable bonds is 5. The van der Waals surface area contributed by atoms with Crippen LogP contribution in [0.25, 0.3) is 22.2 Å². The first kappa shape index (κ1) is 19.9. The second kappa shape index (κ2) is 8.63. The maximum atomic E-state index is 13.5. The summed E-state index contributed by atoms with van der Waals surface area (Å²) in [5.74, 6) is 0.945. The number of piperidine rings is 1. The second-order valence-electron chi connectivity index (χ2n) is 8.33. The van der Waals surface area contributed by atoms with Crippen molar-refractivity contribution in [2.24, 2.45) is 0 Å². The normalized spacial score (nSPS) is 21.5. The number of nitrogens with one attached hydrogen (secondary N) is 3. The van der Waals surface area contributed by atoms with Gasteiger partial charge in [0.15, 0.2) is 0 Å². The molecule has 162 valence electrons. The summed E-state index contributed by atoms with van der Waals surface area (Å²) in [6, 6.07) is 11.6. The van der Waals surface area contributed by atoms with Crippen LogP contribution in [0.1, 0.15) is 25.7 Å². The van der Waals surface area contributed by atoms with Gasteiger partial charge in [0.05, 0.1) is 17.3 Å². The molecule has 5 rings (SSSR count). The molecule has 2 unspecified atom stereocenters. The minimum absolute atomic E-state index is 0.172. The summed E-state index contributed by atoms with van der Waals surface area (Å²) < 4.78 is 13.5. The van der Waals surface area contributed by atoms with Crippen LogP contribution in [0.15, 0.2) is 41.2 Å². The van der Waals surface area contributed by atoms with Crippen LogP contribution in [0.2, 0.25) is 0 Å². The second-order valence-corrected chi connectivity index (χ2v) is 8.33. The minimum atomic E-state index is -0.451. The van der Waals surface area contributed by atoms with Crippen molar-refractivity contribution in [3.05, 3.63) is 46.8 Å². The Labute approximate surface area is 180 Å². The van der Waals surface area contributed by atoms with E-state index in [1.807, 2.05) is 41.3 Å². The molecule has 2 saturated heterocycles. The summed E-state index contributed by atoms with van der Waals surface area (Å²) in [6.07, 6.45) is 3.72. The van der Waals surface area contributed by atoms with E-state index >= 15 is 0 Å². The Kier molecular flexibility index (Phi) is 5.55. The fourth-order valence-corrected chi connectivity index (χ4v) is 4.59. The van der Waals surface area contributed by atoms with Crippen molar-refractivity contribution in [3.8, 4) is 11.3 Å². The molecule has 1 aromatic carbocycles. The zero-order chi connectivity index (χ0) is 21.2. The number of hydrogen-bond acceptors (Lipinski definition) is 6. The molecule has 31 heavy (non-hydrogen) atoms. The van der Waals surface area contributed by atoms with Gasteiger partial charge in [-0.25, -0.2) is 9.37 Å². The zero-order valence-corrected chi connectivity index (χ0v) is 17.4. The fourth-order valence-electron chi connectivity index (χ4n) is 4.59. The number of halogens is 1.